The van der Waals surface area contributed by atoms with Gasteiger partial charge in [-0.15, -0.1) is 12.4 Å². The van der Waals surface area contributed by atoms with Gasteiger partial charge in [0.2, 0.25) is 0 Å². The van der Waals surface area contributed by atoms with Gasteiger partial charge in [-0.25, -0.2) is 8.42 Å². The van der Waals surface area contributed by atoms with Gasteiger partial charge in [0.05, 0.1) is 23.2 Å². The van der Waals surface area contributed by atoms with E-state index in [1.807, 2.05) is 13.8 Å². The first-order valence-corrected chi connectivity index (χ1v) is 7.62. The first kappa shape index (κ1) is 20.4. The van der Waals surface area contributed by atoms with E-state index in [2.05, 4.69) is 0 Å². The Morgan fingerprint density at radius 1 is 1.11 bits per heavy atom. The minimum Gasteiger partial charge on any atom is -0.389 e. The molecule has 3 atom stereocenters. The summed E-state index contributed by atoms with van der Waals surface area (Å²) in [6.07, 6.45) is -1.98. The first-order chi connectivity index (χ1) is 7.58. The van der Waals surface area contributed by atoms with Gasteiger partial charge in [0.1, 0.15) is 0 Å². The van der Waals surface area contributed by atoms with E-state index in [4.69, 9.17) is 5.73 Å². The fourth-order valence-electron chi connectivity index (χ4n) is 1.50. The fraction of sp³-hybridized carbons (Fsp3) is 1.00. The van der Waals surface area contributed by atoms with Gasteiger partial charge in [-0.2, -0.15) is 0 Å². The molecule has 0 saturated heterocycles. The smallest absolute Gasteiger partial charge is 0.155 e. The summed E-state index contributed by atoms with van der Waals surface area (Å²) in [5, 5.41) is 18.9. The molecule has 0 spiro atoms. The number of aliphatic hydroxyl groups is 2. The molecule has 0 saturated carbocycles. The van der Waals surface area contributed by atoms with Crippen LogP contribution in [-0.4, -0.2) is 47.9 Å². The normalized spacial score (nSPS) is 17.4. The highest BCUT2D eigenvalue weighted by atomic mass is 35.5. The van der Waals surface area contributed by atoms with Gasteiger partial charge in [-0.3, -0.25) is 0 Å². The molecule has 0 aromatic heterocycles. The van der Waals surface area contributed by atoms with E-state index in [1.54, 1.807) is 13.8 Å². The van der Waals surface area contributed by atoms with Crippen LogP contribution in [0.2, 0.25) is 0 Å². The lowest BCUT2D eigenvalue weighted by Crippen LogP contribution is -2.47. The molecule has 0 rings (SSSR count). The lowest BCUT2D eigenvalue weighted by atomic mass is 9.97. The van der Waals surface area contributed by atoms with Crippen molar-refractivity contribution in [3.8, 4) is 0 Å². The van der Waals surface area contributed by atoms with Crippen LogP contribution in [0.1, 0.15) is 34.1 Å². The van der Waals surface area contributed by atoms with Gasteiger partial charge in [-0.1, -0.05) is 13.8 Å². The van der Waals surface area contributed by atoms with E-state index in [-0.39, 0.29) is 18.3 Å². The lowest BCUT2D eigenvalue weighted by molar-refractivity contribution is 0.0129. The van der Waals surface area contributed by atoms with Crippen LogP contribution < -0.4 is 5.73 Å². The monoisotopic (exact) mass is 303 g/mol. The zero-order chi connectivity index (χ0) is 13.8. The Kier molecular flexibility index (Phi) is 9.45. The second-order valence-corrected chi connectivity index (χ2v) is 7.83. The third kappa shape index (κ3) is 6.89. The van der Waals surface area contributed by atoms with E-state index >= 15 is 0 Å². The molecule has 0 aliphatic carbocycles. The molecule has 112 valence electrons. The Morgan fingerprint density at radius 2 is 1.56 bits per heavy atom. The minimum atomic E-state index is -3.37. The van der Waals surface area contributed by atoms with E-state index in [0.717, 1.165) is 0 Å². The van der Waals surface area contributed by atoms with E-state index in [9.17, 15) is 18.6 Å². The number of sulfone groups is 1. The molecule has 0 fully saturated rings. The zero-order valence-corrected chi connectivity index (χ0v) is 13.0. The van der Waals surface area contributed by atoms with Gasteiger partial charge in [0.15, 0.2) is 9.84 Å². The molecule has 0 amide bonds. The van der Waals surface area contributed by atoms with E-state index < -0.39 is 39.1 Å². The van der Waals surface area contributed by atoms with Crippen molar-refractivity contribution in [1.82, 2.24) is 0 Å². The second kappa shape index (κ2) is 8.32. The Labute approximate surface area is 116 Å². The number of halogens is 1. The van der Waals surface area contributed by atoms with Crippen LogP contribution in [0.15, 0.2) is 0 Å². The average molecular weight is 304 g/mol. The van der Waals surface area contributed by atoms with Gasteiger partial charge >= 0.3 is 0 Å². The number of rotatable bonds is 7. The predicted molar refractivity (Wildman–Crippen MR) is 75.6 cm³/mol. The van der Waals surface area contributed by atoms with Crippen LogP contribution in [-0.2, 0) is 9.84 Å². The first-order valence-electron chi connectivity index (χ1n) is 5.91. The molecular formula is C11H26ClNO4S. The van der Waals surface area contributed by atoms with Crippen LogP contribution >= 0.6 is 12.4 Å². The SMILES string of the molecule is CC(C)C[C@H](N)[C@@H](O)[C@@H](O)CS(=O)(=O)C(C)C.Cl. The van der Waals surface area contributed by atoms with Crippen molar-refractivity contribution >= 4 is 22.2 Å². The van der Waals surface area contributed by atoms with E-state index in [1.165, 1.54) is 0 Å². The molecule has 0 heterocycles. The molecule has 18 heavy (non-hydrogen) atoms. The Hall–Kier alpha value is 0.120. The minimum absolute atomic E-state index is 0. The summed E-state index contributed by atoms with van der Waals surface area (Å²) >= 11 is 0. The van der Waals surface area contributed by atoms with Crippen molar-refractivity contribution in [3.05, 3.63) is 0 Å². The lowest BCUT2D eigenvalue weighted by Gasteiger charge is -2.25. The van der Waals surface area contributed by atoms with Gasteiger partial charge < -0.3 is 15.9 Å². The van der Waals surface area contributed by atoms with Crippen molar-refractivity contribution in [3.63, 3.8) is 0 Å². The average Bonchev–Trinajstić information content (AvgIpc) is 2.14. The number of hydrogen-bond acceptors (Lipinski definition) is 5. The number of hydrogen-bond donors (Lipinski definition) is 3. The molecule has 0 aliphatic heterocycles. The summed E-state index contributed by atoms with van der Waals surface area (Å²) in [7, 11) is -3.37. The second-order valence-electron chi connectivity index (χ2n) is 5.23. The number of nitrogens with two attached hydrogens (primary N) is 1. The highest BCUT2D eigenvalue weighted by Crippen LogP contribution is 2.12. The van der Waals surface area contributed by atoms with Crippen molar-refractivity contribution in [1.29, 1.82) is 0 Å². The largest absolute Gasteiger partial charge is 0.389 e. The maximum atomic E-state index is 11.6. The summed E-state index contributed by atoms with van der Waals surface area (Å²) in [5.41, 5.74) is 5.71. The van der Waals surface area contributed by atoms with Crippen LogP contribution in [0.4, 0.5) is 0 Å². The molecule has 0 aromatic carbocycles. The maximum absolute atomic E-state index is 11.6. The molecular weight excluding hydrogens is 278 g/mol. The standard InChI is InChI=1S/C11H25NO4S.ClH/c1-7(2)5-9(12)11(14)10(13)6-17(15,16)8(3)4;/h7-11,13-14H,5-6,12H2,1-4H3;1H/t9-,10-,11+;/m0./s1. The van der Waals surface area contributed by atoms with Gasteiger partial charge in [-0.05, 0) is 26.2 Å². The molecule has 0 radical (unpaired) electrons. The van der Waals surface area contributed by atoms with Gasteiger partial charge in [0, 0.05) is 6.04 Å². The van der Waals surface area contributed by atoms with Crippen LogP contribution in [0.3, 0.4) is 0 Å². The molecule has 0 unspecified atom stereocenters. The summed E-state index contributed by atoms with van der Waals surface area (Å²) < 4.78 is 23.2. The summed E-state index contributed by atoms with van der Waals surface area (Å²) in [4.78, 5) is 0. The van der Waals surface area contributed by atoms with Crippen molar-refractivity contribution < 1.29 is 18.6 Å². The predicted octanol–water partition coefficient (Wildman–Crippen LogP) is 0.327. The number of aliphatic hydroxyl groups excluding tert-OH is 2. The Bertz CT molecular complexity index is 319. The molecule has 0 bridgehead atoms. The quantitative estimate of drug-likeness (QED) is 0.629. The highest BCUT2D eigenvalue weighted by molar-refractivity contribution is 7.92. The highest BCUT2D eigenvalue weighted by Gasteiger charge is 2.29. The van der Waals surface area contributed by atoms with Crippen molar-refractivity contribution in [2.75, 3.05) is 5.75 Å². The van der Waals surface area contributed by atoms with Gasteiger partial charge in [0.25, 0.3) is 0 Å². The Balaban J connectivity index is 0. The van der Waals surface area contributed by atoms with Crippen molar-refractivity contribution in [2.24, 2.45) is 11.7 Å². The molecule has 7 heteroatoms. The molecule has 5 nitrogen and oxygen atoms in total. The molecule has 0 aliphatic rings. The third-order valence-corrected chi connectivity index (χ3v) is 4.94. The molecule has 0 aromatic rings. The fourth-order valence-corrected chi connectivity index (χ4v) is 2.56. The topological polar surface area (TPSA) is 101 Å². The zero-order valence-electron chi connectivity index (χ0n) is 11.4. The van der Waals surface area contributed by atoms with Crippen molar-refractivity contribution in [2.45, 2.75) is 57.6 Å². The van der Waals surface area contributed by atoms with Crippen LogP contribution in [0, 0.1) is 5.92 Å². The summed E-state index contributed by atoms with van der Waals surface area (Å²) in [5.74, 6) is -0.161. The molecule has 4 N–H and O–H groups in total. The summed E-state index contributed by atoms with van der Waals surface area (Å²) in [6.45, 7) is 6.98. The van der Waals surface area contributed by atoms with E-state index in [0.29, 0.717) is 6.42 Å². The Morgan fingerprint density at radius 3 is 1.89 bits per heavy atom. The third-order valence-electron chi connectivity index (χ3n) is 2.70. The summed E-state index contributed by atoms with van der Waals surface area (Å²) in [6, 6.07) is -0.604. The van der Waals surface area contributed by atoms with Crippen LogP contribution in [0.25, 0.3) is 0 Å². The van der Waals surface area contributed by atoms with Crippen LogP contribution in [0.5, 0.6) is 0 Å². The maximum Gasteiger partial charge on any atom is 0.155 e.